The maximum Gasteiger partial charge on any atom is 0.370 e. The Morgan fingerprint density at radius 2 is 2.12 bits per heavy atom. The Hall–Kier alpha value is -2.31. The van der Waals surface area contributed by atoms with Gasteiger partial charge in [0.05, 0.1) is 6.26 Å². The SMILES string of the molecule is CCO[C@H]1OC(C(=O)O)=C[C@@H](c2coc3ccccc23)[C@H]1CCCO. The number of carboxylic acids is 1. The minimum absolute atomic E-state index is 0.0592. The molecule has 0 saturated carbocycles. The highest BCUT2D eigenvalue weighted by Crippen LogP contribution is 2.42. The summed E-state index contributed by atoms with van der Waals surface area (Å²) in [6.07, 6.45) is 3.85. The maximum absolute atomic E-state index is 11.5. The Balaban J connectivity index is 2.06. The number of aliphatic carboxylic acids is 1. The summed E-state index contributed by atoms with van der Waals surface area (Å²) in [6, 6.07) is 7.65. The van der Waals surface area contributed by atoms with Crippen molar-refractivity contribution in [2.45, 2.75) is 32.0 Å². The number of carbonyl (C=O) groups is 1. The van der Waals surface area contributed by atoms with Crippen LogP contribution in [0.15, 0.2) is 46.8 Å². The van der Waals surface area contributed by atoms with E-state index in [1.54, 1.807) is 12.3 Å². The third-order valence-corrected chi connectivity index (χ3v) is 4.49. The highest BCUT2D eigenvalue weighted by molar-refractivity contribution is 5.86. The van der Waals surface area contributed by atoms with E-state index in [0.717, 1.165) is 16.5 Å². The van der Waals surface area contributed by atoms with E-state index in [0.29, 0.717) is 19.4 Å². The molecule has 0 spiro atoms. The van der Waals surface area contributed by atoms with Crippen LogP contribution in [0.3, 0.4) is 0 Å². The lowest BCUT2D eigenvalue weighted by Crippen LogP contribution is -2.36. The number of rotatable bonds is 7. The molecule has 0 radical (unpaired) electrons. The molecule has 1 aromatic carbocycles. The number of aliphatic hydroxyl groups is 1. The molecule has 6 heteroatoms. The van der Waals surface area contributed by atoms with Crippen molar-refractivity contribution in [1.29, 1.82) is 0 Å². The number of hydrogen-bond acceptors (Lipinski definition) is 5. The molecule has 0 amide bonds. The monoisotopic (exact) mass is 346 g/mol. The van der Waals surface area contributed by atoms with Gasteiger partial charge in [-0.25, -0.2) is 4.79 Å². The van der Waals surface area contributed by atoms with Gasteiger partial charge in [-0.1, -0.05) is 18.2 Å². The zero-order valence-corrected chi connectivity index (χ0v) is 14.1. The molecule has 134 valence electrons. The molecular formula is C19H22O6. The van der Waals surface area contributed by atoms with E-state index in [1.165, 1.54) is 0 Å². The van der Waals surface area contributed by atoms with Crippen LogP contribution in [0.5, 0.6) is 0 Å². The number of hydrogen-bond donors (Lipinski definition) is 2. The lowest BCUT2D eigenvalue weighted by Gasteiger charge is -2.36. The highest BCUT2D eigenvalue weighted by Gasteiger charge is 2.39. The largest absolute Gasteiger partial charge is 0.475 e. The molecule has 25 heavy (non-hydrogen) atoms. The predicted molar refractivity (Wildman–Crippen MR) is 91.0 cm³/mol. The first-order valence-electron chi connectivity index (χ1n) is 8.46. The second-order valence-electron chi connectivity index (χ2n) is 6.02. The van der Waals surface area contributed by atoms with Gasteiger partial charge in [0.1, 0.15) is 5.58 Å². The molecule has 1 aliphatic heterocycles. The Morgan fingerprint density at radius 1 is 1.32 bits per heavy atom. The second kappa shape index (κ2) is 7.72. The fourth-order valence-electron chi connectivity index (χ4n) is 3.37. The summed E-state index contributed by atoms with van der Waals surface area (Å²) in [5.74, 6) is -1.58. The number of para-hydroxylation sites is 1. The first-order valence-corrected chi connectivity index (χ1v) is 8.46. The van der Waals surface area contributed by atoms with Crippen LogP contribution in [0.4, 0.5) is 0 Å². The normalized spacial score (nSPS) is 23.3. The number of allylic oxidation sites excluding steroid dienone is 1. The molecule has 0 aliphatic carbocycles. The zero-order valence-electron chi connectivity index (χ0n) is 14.1. The lowest BCUT2D eigenvalue weighted by molar-refractivity contribution is -0.173. The minimum Gasteiger partial charge on any atom is -0.475 e. The topological polar surface area (TPSA) is 89.1 Å². The van der Waals surface area contributed by atoms with Crippen molar-refractivity contribution in [3.8, 4) is 0 Å². The molecule has 2 N–H and O–H groups in total. The van der Waals surface area contributed by atoms with E-state index < -0.39 is 12.3 Å². The average molecular weight is 346 g/mol. The van der Waals surface area contributed by atoms with Gasteiger partial charge in [-0.05, 0) is 31.9 Å². The quantitative estimate of drug-likeness (QED) is 0.800. The van der Waals surface area contributed by atoms with Gasteiger partial charge in [-0.3, -0.25) is 0 Å². The van der Waals surface area contributed by atoms with Crippen LogP contribution < -0.4 is 0 Å². The summed E-state index contributed by atoms with van der Waals surface area (Å²) in [7, 11) is 0. The van der Waals surface area contributed by atoms with Gasteiger partial charge < -0.3 is 24.1 Å². The first-order chi connectivity index (χ1) is 12.2. The molecule has 2 heterocycles. The van der Waals surface area contributed by atoms with E-state index in [2.05, 4.69) is 0 Å². The summed E-state index contributed by atoms with van der Waals surface area (Å²) < 4.78 is 16.9. The van der Waals surface area contributed by atoms with E-state index in [1.807, 2.05) is 31.2 Å². The molecule has 1 aromatic heterocycles. The van der Waals surface area contributed by atoms with Crippen LogP contribution in [0.1, 0.15) is 31.2 Å². The number of aliphatic hydroxyl groups excluding tert-OH is 1. The summed E-state index contributed by atoms with van der Waals surface area (Å²) in [5.41, 5.74) is 1.66. The molecule has 3 atom stereocenters. The molecular weight excluding hydrogens is 324 g/mol. The molecule has 0 unspecified atom stereocenters. The third-order valence-electron chi connectivity index (χ3n) is 4.49. The van der Waals surface area contributed by atoms with Crippen molar-refractivity contribution < 1.29 is 28.9 Å². The van der Waals surface area contributed by atoms with Crippen molar-refractivity contribution in [3.05, 3.63) is 47.9 Å². The van der Waals surface area contributed by atoms with Gasteiger partial charge in [0.2, 0.25) is 12.0 Å². The Labute approximate surface area is 145 Å². The van der Waals surface area contributed by atoms with Crippen LogP contribution in [0.2, 0.25) is 0 Å². The molecule has 6 nitrogen and oxygen atoms in total. The third kappa shape index (κ3) is 3.55. The van der Waals surface area contributed by atoms with E-state index in [9.17, 15) is 15.0 Å². The molecule has 0 saturated heterocycles. The summed E-state index contributed by atoms with van der Waals surface area (Å²) in [5, 5.41) is 19.6. The molecule has 0 bridgehead atoms. The summed E-state index contributed by atoms with van der Waals surface area (Å²) in [4.78, 5) is 11.5. The minimum atomic E-state index is -1.12. The molecule has 0 fully saturated rings. The van der Waals surface area contributed by atoms with Gasteiger partial charge in [0.25, 0.3) is 0 Å². The molecule has 3 rings (SSSR count). The Kier molecular flexibility index (Phi) is 5.40. The average Bonchev–Trinajstić information content (AvgIpc) is 3.04. The van der Waals surface area contributed by atoms with Crippen molar-refractivity contribution >= 4 is 16.9 Å². The van der Waals surface area contributed by atoms with Gasteiger partial charge in [0.15, 0.2) is 0 Å². The van der Waals surface area contributed by atoms with Crippen molar-refractivity contribution in [1.82, 2.24) is 0 Å². The zero-order chi connectivity index (χ0) is 17.8. The van der Waals surface area contributed by atoms with E-state index in [4.69, 9.17) is 13.9 Å². The van der Waals surface area contributed by atoms with Gasteiger partial charge >= 0.3 is 5.97 Å². The van der Waals surface area contributed by atoms with Crippen LogP contribution in [-0.4, -0.2) is 35.7 Å². The van der Waals surface area contributed by atoms with E-state index >= 15 is 0 Å². The first kappa shape index (κ1) is 17.5. The van der Waals surface area contributed by atoms with Crippen LogP contribution in [0.25, 0.3) is 11.0 Å². The Morgan fingerprint density at radius 3 is 2.84 bits per heavy atom. The van der Waals surface area contributed by atoms with Gasteiger partial charge in [0, 0.05) is 36.0 Å². The second-order valence-corrected chi connectivity index (χ2v) is 6.02. The van der Waals surface area contributed by atoms with Crippen molar-refractivity contribution in [2.24, 2.45) is 5.92 Å². The van der Waals surface area contributed by atoms with Crippen LogP contribution in [-0.2, 0) is 14.3 Å². The van der Waals surface area contributed by atoms with Crippen LogP contribution >= 0.6 is 0 Å². The van der Waals surface area contributed by atoms with Gasteiger partial charge in [-0.2, -0.15) is 0 Å². The van der Waals surface area contributed by atoms with Gasteiger partial charge in [-0.15, -0.1) is 0 Å². The molecule has 1 aliphatic rings. The highest BCUT2D eigenvalue weighted by atomic mass is 16.7. The summed E-state index contributed by atoms with van der Waals surface area (Å²) in [6.45, 7) is 2.31. The van der Waals surface area contributed by atoms with E-state index in [-0.39, 0.29) is 24.2 Å². The summed E-state index contributed by atoms with van der Waals surface area (Å²) >= 11 is 0. The standard InChI is InChI=1S/C19H22O6/c1-2-23-19-13(7-5-9-20)14(10-17(25-19)18(21)22)15-11-24-16-8-4-3-6-12(15)16/h3-4,6,8,10-11,13-14,19-20H,2,5,7,9H2,1H3,(H,21,22)/t13-,14-,19+/m1/s1. The fraction of sp³-hybridized carbons (Fsp3) is 0.421. The Bertz CT molecular complexity index is 762. The molecule has 2 aromatic rings. The number of ether oxygens (including phenoxy) is 2. The van der Waals surface area contributed by atoms with Crippen molar-refractivity contribution in [3.63, 3.8) is 0 Å². The number of furan rings is 1. The number of fused-ring (bicyclic) bond motifs is 1. The smallest absolute Gasteiger partial charge is 0.370 e. The predicted octanol–water partition coefficient (Wildman–Crippen LogP) is 3.27. The van der Waals surface area contributed by atoms with Crippen LogP contribution in [0, 0.1) is 5.92 Å². The fourth-order valence-corrected chi connectivity index (χ4v) is 3.37. The maximum atomic E-state index is 11.5. The number of carboxylic acid groups (broad SMARTS) is 1. The van der Waals surface area contributed by atoms with Crippen molar-refractivity contribution in [2.75, 3.05) is 13.2 Å². The number of benzene rings is 1. The lowest BCUT2D eigenvalue weighted by atomic mass is 9.80.